The number of carbonyl (C=O) groups excluding carboxylic acids is 1. The zero-order valence-corrected chi connectivity index (χ0v) is 15.0. The summed E-state index contributed by atoms with van der Waals surface area (Å²) in [5, 5.41) is 3.05. The fourth-order valence-corrected chi connectivity index (χ4v) is 2.59. The van der Waals surface area contributed by atoms with E-state index in [2.05, 4.69) is 5.32 Å². The SMILES string of the molecule is COCCCN(Cc1cccn1C)C(=O)Nc1cccc(C)c1C. The molecule has 0 spiro atoms. The molecule has 24 heavy (non-hydrogen) atoms. The van der Waals surface area contributed by atoms with Crippen molar-refractivity contribution in [1.82, 2.24) is 9.47 Å². The molecule has 5 heteroatoms. The van der Waals surface area contributed by atoms with Crippen LogP contribution in [0.3, 0.4) is 0 Å². The van der Waals surface area contributed by atoms with Crippen LogP contribution in [0.2, 0.25) is 0 Å². The van der Waals surface area contributed by atoms with Crippen molar-refractivity contribution in [2.45, 2.75) is 26.8 Å². The Hall–Kier alpha value is -2.27. The van der Waals surface area contributed by atoms with E-state index in [4.69, 9.17) is 4.74 Å². The molecule has 2 aromatic rings. The van der Waals surface area contributed by atoms with Crippen LogP contribution in [0.25, 0.3) is 0 Å². The number of ether oxygens (including phenoxy) is 1. The zero-order chi connectivity index (χ0) is 17.5. The van der Waals surface area contributed by atoms with E-state index in [0.717, 1.165) is 23.4 Å². The van der Waals surface area contributed by atoms with Crippen LogP contribution in [0.5, 0.6) is 0 Å². The summed E-state index contributed by atoms with van der Waals surface area (Å²) in [4.78, 5) is 14.6. The van der Waals surface area contributed by atoms with Crippen molar-refractivity contribution < 1.29 is 9.53 Å². The van der Waals surface area contributed by atoms with Crippen LogP contribution in [-0.4, -0.2) is 35.8 Å². The number of carbonyl (C=O) groups is 1. The van der Waals surface area contributed by atoms with Gasteiger partial charge in [0, 0.05) is 44.9 Å². The van der Waals surface area contributed by atoms with Gasteiger partial charge in [-0.2, -0.15) is 0 Å². The zero-order valence-electron chi connectivity index (χ0n) is 15.0. The number of aromatic nitrogens is 1. The van der Waals surface area contributed by atoms with Crippen molar-refractivity contribution in [2.75, 3.05) is 25.6 Å². The van der Waals surface area contributed by atoms with E-state index in [1.54, 1.807) is 7.11 Å². The summed E-state index contributed by atoms with van der Waals surface area (Å²) in [5.41, 5.74) is 4.23. The Morgan fingerprint density at radius 3 is 2.71 bits per heavy atom. The molecule has 0 fully saturated rings. The Labute approximate surface area is 144 Å². The lowest BCUT2D eigenvalue weighted by Crippen LogP contribution is -2.36. The largest absolute Gasteiger partial charge is 0.385 e. The van der Waals surface area contributed by atoms with Gasteiger partial charge >= 0.3 is 6.03 Å². The van der Waals surface area contributed by atoms with Crippen LogP contribution >= 0.6 is 0 Å². The second-order valence-electron chi connectivity index (χ2n) is 6.06. The molecule has 0 saturated heterocycles. The first kappa shape index (κ1) is 18.1. The predicted molar refractivity (Wildman–Crippen MR) is 97.3 cm³/mol. The smallest absolute Gasteiger partial charge is 0.322 e. The van der Waals surface area contributed by atoms with E-state index in [-0.39, 0.29) is 6.03 Å². The van der Waals surface area contributed by atoms with Gasteiger partial charge in [-0.25, -0.2) is 4.79 Å². The van der Waals surface area contributed by atoms with Gasteiger partial charge in [-0.3, -0.25) is 0 Å². The summed E-state index contributed by atoms with van der Waals surface area (Å²) < 4.78 is 7.16. The molecule has 0 aliphatic heterocycles. The molecule has 0 atom stereocenters. The number of aryl methyl sites for hydroxylation is 2. The molecule has 1 aromatic carbocycles. The lowest BCUT2D eigenvalue weighted by atomic mass is 10.1. The van der Waals surface area contributed by atoms with Crippen LogP contribution in [0, 0.1) is 13.8 Å². The summed E-state index contributed by atoms with van der Waals surface area (Å²) in [6.45, 7) is 5.93. The van der Waals surface area contributed by atoms with Gasteiger partial charge in [0.15, 0.2) is 0 Å². The molecule has 2 rings (SSSR count). The molecule has 2 amide bonds. The third-order valence-electron chi connectivity index (χ3n) is 4.31. The Morgan fingerprint density at radius 2 is 2.04 bits per heavy atom. The molecule has 5 nitrogen and oxygen atoms in total. The summed E-state index contributed by atoms with van der Waals surface area (Å²) in [6, 6.07) is 9.90. The number of nitrogens with zero attached hydrogens (tertiary/aromatic N) is 2. The van der Waals surface area contributed by atoms with Gasteiger partial charge in [-0.05, 0) is 49.6 Å². The minimum absolute atomic E-state index is 0.0824. The number of urea groups is 1. The average Bonchev–Trinajstić information content (AvgIpc) is 2.96. The number of anilines is 1. The van der Waals surface area contributed by atoms with Gasteiger partial charge in [0.25, 0.3) is 0 Å². The first-order chi connectivity index (χ1) is 11.5. The van der Waals surface area contributed by atoms with Crippen LogP contribution < -0.4 is 5.32 Å². The lowest BCUT2D eigenvalue weighted by Gasteiger charge is -2.24. The van der Waals surface area contributed by atoms with Gasteiger partial charge in [0.1, 0.15) is 0 Å². The minimum Gasteiger partial charge on any atom is -0.385 e. The summed E-state index contributed by atoms with van der Waals surface area (Å²) in [6.07, 6.45) is 2.80. The molecule has 0 aliphatic rings. The van der Waals surface area contributed by atoms with Crippen molar-refractivity contribution in [2.24, 2.45) is 7.05 Å². The minimum atomic E-state index is -0.0824. The third-order valence-corrected chi connectivity index (χ3v) is 4.31. The number of hydrogen-bond donors (Lipinski definition) is 1. The molecule has 1 N–H and O–H groups in total. The van der Waals surface area contributed by atoms with Crippen molar-refractivity contribution in [3.63, 3.8) is 0 Å². The van der Waals surface area contributed by atoms with Gasteiger partial charge < -0.3 is 19.5 Å². The molecule has 0 aliphatic carbocycles. The number of benzene rings is 1. The lowest BCUT2D eigenvalue weighted by molar-refractivity contribution is 0.171. The summed E-state index contributed by atoms with van der Waals surface area (Å²) >= 11 is 0. The van der Waals surface area contributed by atoms with Crippen molar-refractivity contribution in [3.8, 4) is 0 Å². The standard InChI is InChI=1S/C19H27N3O2/c1-15-8-5-10-18(16(15)2)20-19(23)22(12-7-13-24-4)14-17-9-6-11-21(17)3/h5-6,8-11H,7,12-14H2,1-4H3,(H,20,23). The Balaban J connectivity index is 2.11. The molecule has 130 valence electrons. The summed E-state index contributed by atoms with van der Waals surface area (Å²) in [7, 11) is 3.67. The second kappa shape index (κ2) is 8.55. The van der Waals surface area contributed by atoms with E-state index >= 15 is 0 Å². The first-order valence-electron chi connectivity index (χ1n) is 8.24. The highest BCUT2D eigenvalue weighted by Gasteiger charge is 2.16. The maximum atomic E-state index is 12.8. The highest BCUT2D eigenvalue weighted by atomic mass is 16.5. The highest BCUT2D eigenvalue weighted by molar-refractivity contribution is 5.90. The number of hydrogen-bond acceptors (Lipinski definition) is 2. The fourth-order valence-electron chi connectivity index (χ4n) is 2.59. The fraction of sp³-hybridized carbons (Fsp3) is 0.421. The quantitative estimate of drug-likeness (QED) is 0.787. The van der Waals surface area contributed by atoms with Crippen LogP contribution in [0.4, 0.5) is 10.5 Å². The molecule has 0 bridgehead atoms. The monoisotopic (exact) mass is 329 g/mol. The first-order valence-corrected chi connectivity index (χ1v) is 8.24. The van der Waals surface area contributed by atoms with E-state index in [1.165, 1.54) is 5.56 Å². The number of nitrogens with one attached hydrogen (secondary N) is 1. The van der Waals surface area contributed by atoms with Gasteiger partial charge in [-0.1, -0.05) is 12.1 Å². The maximum Gasteiger partial charge on any atom is 0.322 e. The van der Waals surface area contributed by atoms with Crippen molar-refractivity contribution in [1.29, 1.82) is 0 Å². The second-order valence-corrected chi connectivity index (χ2v) is 6.06. The van der Waals surface area contributed by atoms with Crippen LogP contribution in [-0.2, 0) is 18.3 Å². The average molecular weight is 329 g/mol. The highest BCUT2D eigenvalue weighted by Crippen LogP contribution is 2.19. The topological polar surface area (TPSA) is 46.5 Å². The van der Waals surface area contributed by atoms with Gasteiger partial charge in [-0.15, -0.1) is 0 Å². The van der Waals surface area contributed by atoms with E-state index < -0.39 is 0 Å². The number of rotatable bonds is 7. The van der Waals surface area contributed by atoms with Crippen molar-refractivity contribution >= 4 is 11.7 Å². The normalized spacial score (nSPS) is 10.7. The number of amides is 2. The van der Waals surface area contributed by atoms with Gasteiger partial charge in [0.2, 0.25) is 0 Å². The molecular weight excluding hydrogens is 302 g/mol. The Kier molecular flexibility index (Phi) is 6.44. The maximum absolute atomic E-state index is 12.8. The third kappa shape index (κ3) is 4.61. The van der Waals surface area contributed by atoms with Crippen LogP contribution in [0.15, 0.2) is 36.5 Å². The molecule has 0 saturated carbocycles. The van der Waals surface area contributed by atoms with E-state index in [9.17, 15) is 4.79 Å². The molecular formula is C19H27N3O2. The Morgan fingerprint density at radius 1 is 1.25 bits per heavy atom. The van der Waals surface area contributed by atoms with Crippen molar-refractivity contribution in [3.05, 3.63) is 53.3 Å². The molecule has 1 heterocycles. The Bertz CT molecular complexity index is 679. The van der Waals surface area contributed by atoms with Gasteiger partial charge in [0.05, 0.1) is 6.54 Å². The summed E-state index contributed by atoms with van der Waals surface area (Å²) in [5.74, 6) is 0. The molecule has 0 unspecified atom stereocenters. The predicted octanol–water partition coefficient (Wildman–Crippen LogP) is 3.71. The molecule has 0 radical (unpaired) electrons. The molecule has 1 aromatic heterocycles. The number of methoxy groups -OCH3 is 1. The van der Waals surface area contributed by atoms with Crippen LogP contribution in [0.1, 0.15) is 23.2 Å². The van der Waals surface area contributed by atoms with E-state index in [1.807, 2.05) is 66.9 Å². The van der Waals surface area contributed by atoms with E-state index in [0.29, 0.717) is 19.7 Å².